The molecule has 0 aliphatic heterocycles. The number of sulfone groups is 1. The minimum atomic E-state index is -3.19. The second-order valence-electron chi connectivity index (χ2n) is 9.06. The maximum Gasteiger partial charge on any atom is 0.305 e. The van der Waals surface area contributed by atoms with E-state index in [0.29, 0.717) is 10.2 Å². The van der Waals surface area contributed by atoms with Crippen LogP contribution in [-0.4, -0.2) is 19.7 Å². The van der Waals surface area contributed by atoms with E-state index in [0.717, 1.165) is 29.4 Å². The van der Waals surface area contributed by atoms with Gasteiger partial charge in [-0.2, -0.15) is 0 Å². The zero-order valence-corrected chi connectivity index (χ0v) is 19.7. The number of hydrogen-bond acceptors (Lipinski definition) is 4. The van der Waals surface area contributed by atoms with E-state index in [1.165, 1.54) is 69.9 Å². The predicted octanol–water partition coefficient (Wildman–Crippen LogP) is 6.00. The van der Waals surface area contributed by atoms with Gasteiger partial charge in [0.05, 0.1) is 15.1 Å². The highest BCUT2D eigenvalue weighted by molar-refractivity contribution is 7.90. The molecule has 0 radical (unpaired) electrons. The molecule has 3 aromatic rings. The minimum Gasteiger partial charge on any atom is -0.312 e. The molecule has 2 aliphatic carbocycles. The highest BCUT2D eigenvalue weighted by Gasteiger charge is 2.22. The fraction of sp³-hybridized carbons (Fsp3) is 0.480. The average molecular weight is 460 g/mol. The number of nitrogens with one attached hydrogen (secondary N) is 1. The normalized spacial score (nSPS) is 19.5. The number of rotatable bonds is 3. The summed E-state index contributed by atoms with van der Waals surface area (Å²) < 4.78 is 23.1. The highest BCUT2D eigenvalue weighted by atomic mass is 32.2. The van der Waals surface area contributed by atoms with Gasteiger partial charge in [-0.1, -0.05) is 67.7 Å². The summed E-state index contributed by atoms with van der Waals surface area (Å²) in [5, 5.41) is 0. The summed E-state index contributed by atoms with van der Waals surface area (Å²) in [5.74, 6) is 2.03. The molecule has 0 saturated heterocycles. The maximum atomic E-state index is 11.2. The van der Waals surface area contributed by atoms with Gasteiger partial charge in [0.15, 0.2) is 9.84 Å². The van der Waals surface area contributed by atoms with Crippen LogP contribution in [0.15, 0.2) is 52.2 Å². The Labute approximate surface area is 190 Å². The van der Waals surface area contributed by atoms with Crippen LogP contribution in [0.4, 0.5) is 0 Å². The van der Waals surface area contributed by atoms with Crippen molar-refractivity contribution in [2.75, 3.05) is 6.26 Å². The predicted molar refractivity (Wildman–Crippen MR) is 131 cm³/mol. The van der Waals surface area contributed by atoms with Gasteiger partial charge in [0.25, 0.3) is 0 Å². The zero-order chi connectivity index (χ0) is 21.8. The van der Waals surface area contributed by atoms with Crippen LogP contribution < -0.4 is 4.87 Å². The number of aryl methyl sites for hydroxylation is 1. The van der Waals surface area contributed by atoms with E-state index in [4.69, 9.17) is 0 Å². The molecule has 2 aromatic carbocycles. The third-order valence-corrected chi connectivity index (χ3v) is 8.62. The molecule has 4 nitrogen and oxygen atoms in total. The lowest BCUT2D eigenvalue weighted by Crippen LogP contribution is -2.19. The Bertz CT molecular complexity index is 1190. The summed E-state index contributed by atoms with van der Waals surface area (Å²) in [7, 11) is -3.19. The molecule has 31 heavy (non-hydrogen) atoms. The van der Waals surface area contributed by atoms with Gasteiger partial charge in [-0.3, -0.25) is 4.79 Å². The van der Waals surface area contributed by atoms with Crippen LogP contribution >= 0.6 is 11.3 Å². The Morgan fingerprint density at radius 1 is 1.00 bits per heavy atom. The Hall–Kier alpha value is -1.92. The first-order valence-corrected chi connectivity index (χ1v) is 14.0. The van der Waals surface area contributed by atoms with E-state index in [9.17, 15) is 13.2 Å². The number of fused-ring (bicyclic) bond motifs is 2. The fourth-order valence-electron chi connectivity index (χ4n) is 5.02. The summed E-state index contributed by atoms with van der Waals surface area (Å²) in [6, 6.07) is 13.7. The summed E-state index contributed by atoms with van der Waals surface area (Å²) in [5.41, 5.74) is 3.93. The summed E-state index contributed by atoms with van der Waals surface area (Å²) in [6.45, 7) is 0. The molecule has 1 N–H and O–H groups in total. The molecular formula is C25H33NO3S2. The Morgan fingerprint density at radius 2 is 1.74 bits per heavy atom. The van der Waals surface area contributed by atoms with E-state index < -0.39 is 9.84 Å². The second kappa shape index (κ2) is 9.70. The first kappa shape index (κ1) is 22.3. The van der Waals surface area contributed by atoms with Crippen LogP contribution in [-0.2, 0) is 22.7 Å². The van der Waals surface area contributed by atoms with Crippen molar-refractivity contribution >= 4 is 31.4 Å². The number of benzene rings is 2. The van der Waals surface area contributed by atoms with E-state index in [1.54, 1.807) is 17.2 Å². The quantitative estimate of drug-likeness (QED) is 0.522. The molecule has 0 amide bonds. The van der Waals surface area contributed by atoms with Crippen molar-refractivity contribution in [3.05, 3.63) is 63.3 Å². The van der Waals surface area contributed by atoms with Crippen molar-refractivity contribution in [2.45, 2.75) is 62.7 Å². The Morgan fingerprint density at radius 3 is 2.48 bits per heavy atom. The minimum absolute atomic E-state index is 0. The maximum absolute atomic E-state index is 11.2. The molecule has 1 fully saturated rings. The smallest absolute Gasteiger partial charge is 0.305 e. The first-order valence-electron chi connectivity index (χ1n) is 11.3. The molecule has 1 unspecified atom stereocenters. The van der Waals surface area contributed by atoms with Gasteiger partial charge >= 0.3 is 4.87 Å². The van der Waals surface area contributed by atoms with Crippen molar-refractivity contribution in [1.29, 1.82) is 0 Å². The van der Waals surface area contributed by atoms with Crippen LogP contribution in [0.25, 0.3) is 10.2 Å². The molecule has 1 heterocycles. The third kappa shape index (κ3) is 5.86. The van der Waals surface area contributed by atoms with Gasteiger partial charge in [0.1, 0.15) is 0 Å². The number of aromatic nitrogens is 1. The first-order chi connectivity index (χ1) is 14.9. The van der Waals surface area contributed by atoms with Crippen LogP contribution in [0, 0.1) is 11.8 Å². The molecular weight excluding hydrogens is 426 g/mol. The van der Waals surface area contributed by atoms with Crippen LogP contribution in [0.3, 0.4) is 0 Å². The summed E-state index contributed by atoms with van der Waals surface area (Å²) >= 11 is 1.01. The fourth-order valence-corrected chi connectivity index (χ4v) is 6.52. The average Bonchev–Trinajstić information content (AvgIpc) is 3.13. The number of hydrogen-bond donors (Lipinski definition) is 1. The number of aromatic amines is 1. The van der Waals surface area contributed by atoms with Crippen molar-refractivity contribution in [3.8, 4) is 0 Å². The monoisotopic (exact) mass is 459 g/mol. The molecule has 0 bridgehead atoms. The summed E-state index contributed by atoms with van der Waals surface area (Å²) in [4.78, 5) is 13.6. The summed E-state index contributed by atoms with van der Waals surface area (Å²) in [6.07, 6.45) is 14.3. The Kier molecular flexibility index (Phi) is 6.97. The number of thiazole rings is 1. The lowest BCUT2D eigenvalue weighted by molar-refractivity contribution is 0.272. The van der Waals surface area contributed by atoms with Crippen molar-refractivity contribution < 1.29 is 9.84 Å². The van der Waals surface area contributed by atoms with E-state index in [-0.39, 0.29) is 11.2 Å². The van der Waals surface area contributed by atoms with Gasteiger partial charge in [0, 0.05) is 7.68 Å². The second-order valence-corrected chi connectivity index (χ2v) is 12.1. The van der Waals surface area contributed by atoms with E-state index in [1.807, 2.05) is 0 Å². The van der Waals surface area contributed by atoms with Gasteiger partial charge in [-0.15, -0.1) is 0 Å². The third-order valence-electron chi connectivity index (χ3n) is 6.66. The molecule has 1 atom stereocenters. The lowest BCUT2D eigenvalue weighted by Gasteiger charge is -2.30. The van der Waals surface area contributed by atoms with Crippen molar-refractivity contribution in [1.82, 2.24) is 4.98 Å². The molecule has 1 saturated carbocycles. The van der Waals surface area contributed by atoms with Gasteiger partial charge in [-0.05, 0) is 66.8 Å². The van der Waals surface area contributed by atoms with Gasteiger partial charge in [0.2, 0.25) is 0 Å². The van der Waals surface area contributed by atoms with Crippen molar-refractivity contribution in [3.63, 3.8) is 0 Å². The highest BCUT2D eigenvalue weighted by Crippen LogP contribution is 2.34. The molecule has 2 aliphatic rings. The zero-order valence-electron chi connectivity index (χ0n) is 18.1. The largest absolute Gasteiger partial charge is 0.312 e. The van der Waals surface area contributed by atoms with Gasteiger partial charge < -0.3 is 4.98 Å². The van der Waals surface area contributed by atoms with E-state index in [2.05, 4.69) is 29.2 Å². The van der Waals surface area contributed by atoms with Crippen LogP contribution in [0.1, 0.15) is 57.5 Å². The van der Waals surface area contributed by atoms with Gasteiger partial charge in [-0.25, -0.2) is 8.42 Å². The lowest BCUT2D eigenvalue weighted by atomic mass is 9.76. The molecule has 168 valence electrons. The molecule has 6 heteroatoms. The number of H-pyrrole nitrogens is 1. The SMILES string of the molecule is CS(=O)(=O)c1ccc2[nH]c(=O)sc2c1.[HH].c1ccc2c(c1)CCC(CC1CCCCC1)C2. The van der Waals surface area contributed by atoms with Crippen LogP contribution in [0.5, 0.6) is 0 Å². The molecule has 5 rings (SSSR count). The van der Waals surface area contributed by atoms with Crippen LogP contribution in [0.2, 0.25) is 0 Å². The standard InChI is InChI=1S/C17H24.C8H7NO3S2.H2/c1-2-6-14(7-3-1)12-15-10-11-16-8-4-5-9-17(16)13-15;1-14(11,12)5-2-3-6-7(4-5)13-8(10)9-6;/h4-5,8-9,14-15H,1-3,6-7,10-13H2;2-4H,1H3,(H,9,10);1H. The molecule has 1 aromatic heterocycles. The topological polar surface area (TPSA) is 67.0 Å². The van der Waals surface area contributed by atoms with E-state index >= 15 is 0 Å². The molecule has 0 spiro atoms. The van der Waals surface area contributed by atoms with Crippen molar-refractivity contribution in [2.24, 2.45) is 11.8 Å². The Balaban J connectivity index is 0.000000178.